The molecule has 1 saturated carbocycles. The summed E-state index contributed by atoms with van der Waals surface area (Å²) in [6.07, 6.45) is 5.42. The zero-order valence-electron chi connectivity index (χ0n) is 12.1. The summed E-state index contributed by atoms with van der Waals surface area (Å²) in [6, 6.07) is 4.85. The average molecular weight is 266 g/mol. The smallest absolute Gasteiger partial charge is 0.203 e. The third-order valence-electron chi connectivity index (χ3n) is 3.81. The highest BCUT2D eigenvalue weighted by Crippen LogP contribution is 2.37. The minimum absolute atomic E-state index is 0.662. The minimum Gasteiger partial charge on any atom is -0.493 e. The molecule has 0 atom stereocenters. The molecule has 0 unspecified atom stereocenters. The lowest BCUT2D eigenvalue weighted by molar-refractivity contribution is -0.703. The molecule has 1 aliphatic rings. The van der Waals surface area contributed by atoms with Gasteiger partial charge in [-0.25, -0.2) is 0 Å². The van der Waals surface area contributed by atoms with Crippen LogP contribution < -0.4 is 19.5 Å². The number of ether oxygens (including phenoxy) is 3. The topological polar surface area (TPSA) is 44.3 Å². The van der Waals surface area contributed by atoms with Crippen molar-refractivity contribution in [2.24, 2.45) is 0 Å². The lowest BCUT2D eigenvalue weighted by Gasteiger charge is -2.14. The largest absolute Gasteiger partial charge is 0.493 e. The summed E-state index contributed by atoms with van der Waals surface area (Å²) in [4.78, 5) is 0. The van der Waals surface area contributed by atoms with Crippen LogP contribution in [-0.4, -0.2) is 27.4 Å². The van der Waals surface area contributed by atoms with Crippen molar-refractivity contribution >= 4 is 0 Å². The number of benzene rings is 1. The predicted molar refractivity (Wildman–Crippen MR) is 74.0 cm³/mol. The molecule has 0 bridgehead atoms. The molecule has 1 aromatic carbocycles. The van der Waals surface area contributed by atoms with Crippen LogP contribution in [0.25, 0.3) is 0 Å². The number of hydrogen-bond donors (Lipinski definition) is 1. The highest BCUT2D eigenvalue weighted by atomic mass is 16.5. The highest BCUT2D eigenvalue weighted by molar-refractivity contribution is 5.53. The van der Waals surface area contributed by atoms with Crippen molar-refractivity contribution in [3.63, 3.8) is 0 Å². The second kappa shape index (κ2) is 6.66. The van der Waals surface area contributed by atoms with Crippen molar-refractivity contribution in [2.45, 2.75) is 38.3 Å². The van der Waals surface area contributed by atoms with E-state index in [0.29, 0.717) is 5.75 Å². The first-order valence-electron chi connectivity index (χ1n) is 6.90. The summed E-state index contributed by atoms with van der Waals surface area (Å²) in [7, 11) is 4.94. The zero-order chi connectivity index (χ0) is 13.7. The van der Waals surface area contributed by atoms with E-state index >= 15 is 0 Å². The molecule has 4 nitrogen and oxygen atoms in total. The van der Waals surface area contributed by atoms with Gasteiger partial charge in [0, 0.05) is 5.56 Å². The van der Waals surface area contributed by atoms with Gasteiger partial charge in [0.25, 0.3) is 0 Å². The van der Waals surface area contributed by atoms with E-state index in [4.69, 9.17) is 14.2 Å². The average Bonchev–Trinajstić information content (AvgIpc) is 2.97. The Bertz CT molecular complexity index is 389. The van der Waals surface area contributed by atoms with E-state index in [-0.39, 0.29) is 0 Å². The molecule has 0 aromatic heterocycles. The van der Waals surface area contributed by atoms with Gasteiger partial charge in [-0.2, -0.15) is 0 Å². The Labute approximate surface area is 115 Å². The standard InChI is InChI=1S/C15H23NO3/c1-17-13-8-11(9-14(18-2)15(13)19-3)10-16-12-6-4-5-7-12/h8-9,12,16H,4-7,10H2,1-3H3/p+1. The molecule has 1 aromatic rings. The van der Waals surface area contributed by atoms with Crippen LogP contribution >= 0.6 is 0 Å². The summed E-state index contributed by atoms with van der Waals surface area (Å²) >= 11 is 0. The maximum Gasteiger partial charge on any atom is 0.203 e. The second-order valence-electron chi connectivity index (χ2n) is 5.02. The Morgan fingerprint density at radius 2 is 1.58 bits per heavy atom. The lowest BCUT2D eigenvalue weighted by atomic mass is 10.1. The molecular weight excluding hydrogens is 242 g/mol. The quantitative estimate of drug-likeness (QED) is 0.852. The van der Waals surface area contributed by atoms with Gasteiger partial charge in [0.1, 0.15) is 6.54 Å². The highest BCUT2D eigenvalue weighted by Gasteiger charge is 2.19. The van der Waals surface area contributed by atoms with Crippen molar-refractivity contribution < 1.29 is 19.5 Å². The number of rotatable bonds is 6. The van der Waals surface area contributed by atoms with Crippen LogP contribution in [0, 0.1) is 0 Å². The Hall–Kier alpha value is -1.42. The van der Waals surface area contributed by atoms with E-state index in [9.17, 15) is 0 Å². The summed E-state index contributed by atoms with van der Waals surface area (Å²) in [5, 5.41) is 2.42. The third-order valence-corrected chi connectivity index (χ3v) is 3.81. The van der Waals surface area contributed by atoms with Crippen LogP contribution in [0.15, 0.2) is 12.1 Å². The van der Waals surface area contributed by atoms with Gasteiger partial charge >= 0.3 is 0 Å². The van der Waals surface area contributed by atoms with Gasteiger partial charge in [0.05, 0.1) is 27.4 Å². The van der Waals surface area contributed by atoms with Crippen molar-refractivity contribution in [2.75, 3.05) is 21.3 Å². The molecule has 2 rings (SSSR count). The lowest BCUT2D eigenvalue weighted by Crippen LogP contribution is -2.87. The normalized spacial score (nSPS) is 15.5. The molecule has 1 fully saturated rings. The molecule has 0 radical (unpaired) electrons. The van der Waals surface area contributed by atoms with Crippen LogP contribution in [-0.2, 0) is 6.54 Å². The van der Waals surface area contributed by atoms with Crippen molar-refractivity contribution in [3.05, 3.63) is 17.7 Å². The van der Waals surface area contributed by atoms with E-state index in [0.717, 1.165) is 24.1 Å². The van der Waals surface area contributed by atoms with E-state index in [1.54, 1.807) is 21.3 Å². The van der Waals surface area contributed by atoms with E-state index < -0.39 is 0 Å². The first-order chi connectivity index (χ1) is 9.28. The number of hydrogen-bond acceptors (Lipinski definition) is 3. The maximum atomic E-state index is 5.37. The third kappa shape index (κ3) is 3.32. The molecule has 4 heteroatoms. The van der Waals surface area contributed by atoms with Gasteiger partial charge in [0.15, 0.2) is 11.5 Å². The number of nitrogens with two attached hydrogens (primary N) is 1. The zero-order valence-corrected chi connectivity index (χ0v) is 12.1. The van der Waals surface area contributed by atoms with Gasteiger partial charge in [-0.05, 0) is 37.8 Å². The molecule has 2 N–H and O–H groups in total. The fourth-order valence-corrected chi connectivity index (χ4v) is 2.75. The van der Waals surface area contributed by atoms with Gasteiger partial charge in [-0.15, -0.1) is 0 Å². The molecule has 1 aliphatic carbocycles. The summed E-state index contributed by atoms with van der Waals surface area (Å²) in [5.74, 6) is 2.13. The summed E-state index contributed by atoms with van der Waals surface area (Å²) in [6.45, 7) is 0.960. The van der Waals surface area contributed by atoms with Gasteiger partial charge in [-0.3, -0.25) is 0 Å². The molecule has 19 heavy (non-hydrogen) atoms. The summed E-state index contributed by atoms with van der Waals surface area (Å²) < 4.78 is 16.1. The SMILES string of the molecule is COc1cc(C[NH2+]C2CCCC2)cc(OC)c1OC. The fourth-order valence-electron chi connectivity index (χ4n) is 2.75. The Balaban J connectivity index is 2.11. The van der Waals surface area contributed by atoms with Crippen LogP contribution in [0.2, 0.25) is 0 Å². The van der Waals surface area contributed by atoms with Crippen molar-refractivity contribution in [3.8, 4) is 17.2 Å². The summed E-state index contributed by atoms with van der Waals surface area (Å²) in [5.41, 5.74) is 1.21. The number of methoxy groups -OCH3 is 3. The first kappa shape index (κ1) is 14.0. The van der Waals surface area contributed by atoms with Crippen molar-refractivity contribution in [1.29, 1.82) is 0 Å². The Morgan fingerprint density at radius 3 is 2.05 bits per heavy atom. The van der Waals surface area contributed by atoms with E-state index in [2.05, 4.69) is 5.32 Å². The molecular formula is C15H24NO3+. The predicted octanol–water partition coefficient (Wildman–Crippen LogP) is 1.72. The minimum atomic E-state index is 0.662. The van der Waals surface area contributed by atoms with E-state index in [1.807, 2.05) is 12.1 Å². The van der Waals surface area contributed by atoms with Gasteiger partial charge in [0.2, 0.25) is 5.75 Å². The molecule has 0 spiro atoms. The van der Waals surface area contributed by atoms with Crippen LogP contribution in [0.1, 0.15) is 31.2 Å². The Morgan fingerprint density at radius 1 is 1.00 bits per heavy atom. The molecule has 0 saturated heterocycles. The van der Waals surface area contributed by atoms with Gasteiger partial charge < -0.3 is 19.5 Å². The second-order valence-corrected chi connectivity index (χ2v) is 5.02. The van der Waals surface area contributed by atoms with Crippen LogP contribution in [0.3, 0.4) is 0 Å². The molecule has 106 valence electrons. The van der Waals surface area contributed by atoms with Crippen LogP contribution in [0.5, 0.6) is 17.2 Å². The molecule has 0 amide bonds. The fraction of sp³-hybridized carbons (Fsp3) is 0.600. The van der Waals surface area contributed by atoms with Gasteiger partial charge in [-0.1, -0.05) is 0 Å². The molecule has 0 heterocycles. The Kier molecular flexibility index (Phi) is 4.91. The molecule has 0 aliphatic heterocycles. The monoisotopic (exact) mass is 266 g/mol. The van der Waals surface area contributed by atoms with Crippen molar-refractivity contribution in [1.82, 2.24) is 0 Å². The first-order valence-corrected chi connectivity index (χ1v) is 6.90. The van der Waals surface area contributed by atoms with Crippen LogP contribution in [0.4, 0.5) is 0 Å². The van der Waals surface area contributed by atoms with E-state index in [1.165, 1.54) is 31.2 Å². The maximum absolute atomic E-state index is 5.37. The number of quaternary nitrogens is 1.